The fourth-order valence-electron chi connectivity index (χ4n) is 2.01. The second-order valence-electron chi connectivity index (χ2n) is 4.11. The topological polar surface area (TPSA) is 54.0 Å². The molecule has 1 fully saturated rings. The summed E-state index contributed by atoms with van der Waals surface area (Å²) >= 11 is 3.39. The van der Waals surface area contributed by atoms with Crippen molar-refractivity contribution in [2.45, 2.75) is 20.1 Å². The van der Waals surface area contributed by atoms with E-state index in [1.54, 1.807) is 19.9 Å². The molecule has 0 aliphatic carbocycles. The molecular weight excluding hydrogens is 347 g/mol. The predicted octanol–water partition coefficient (Wildman–Crippen LogP) is 3.39. The van der Waals surface area contributed by atoms with Gasteiger partial charge in [-0.3, -0.25) is 4.57 Å². The Bertz CT molecular complexity index is 492. The molecule has 0 bridgehead atoms. The Labute approximate surface area is 127 Å². The summed E-state index contributed by atoms with van der Waals surface area (Å²) in [6.07, 6.45) is -0.521. The minimum Gasteiger partial charge on any atom is -0.346 e. The summed E-state index contributed by atoms with van der Waals surface area (Å²) < 4.78 is 35.6. The van der Waals surface area contributed by atoms with Gasteiger partial charge >= 0.3 is 7.60 Å². The highest BCUT2D eigenvalue weighted by Gasteiger charge is 2.34. The first kappa shape index (κ1) is 16.1. The molecule has 1 saturated heterocycles. The maximum Gasteiger partial charge on any atom is 0.361 e. The summed E-state index contributed by atoms with van der Waals surface area (Å²) in [5, 5.41) is 0.488. The quantitative estimate of drug-likeness (QED) is 0.724. The molecule has 0 spiro atoms. The summed E-state index contributed by atoms with van der Waals surface area (Å²) in [7, 11) is -3.38. The monoisotopic (exact) mass is 364 g/mol. The zero-order valence-electron chi connectivity index (χ0n) is 11.5. The van der Waals surface area contributed by atoms with Gasteiger partial charge in [-0.2, -0.15) is 0 Å². The summed E-state index contributed by atoms with van der Waals surface area (Å²) in [6, 6.07) is 5.42. The van der Waals surface area contributed by atoms with Crippen LogP contribution in [0.4, 0.5) is 0 Å². The van der Waals surface area contributed by atoms with E-state index >= 15 is 0 Å². The number of halogens is 1. The fourth-order valence-corrected chi connectivity index (χ4v) is 4.37. The summed E-state index contributed by atoms with van der Waals surface area (Å²) in [4.78, 5) is 0. The van der Waals surface area contributed by atoms with Gasteiger partial charge in [-0.1, -0.05) is 22.0 Å². The lowest BCUT2D eigenvalue weighted by molar-refractivity contribution is -0.0435. The fraction of sp³-hybridized carbons (Fsp3) is 0.538. The van der Waals surface area contributed by atoms with Gasteiger partial charge in [-0.05, 0) is 26.0 Å². The third-order valence-corrected chi connectivity index (χ3v) is 5.43. The SMILES string of the molecule is CCOP(=O)(OCC)c1cc(Br)ccc1C1OCCO1. The molecule has 1 heterocycles. The van der Waals surface area contributed by atoms with Crippen LogP contribution in [0.2, 0.25) is 0 Å². The van der Waals surface area contributed by atoms with E-state index in [1.165, 1.54) is 0 Å². The van der Waals surface area contributed by atoms with Crippen LogP contribution in [-0.4, -0.2) is 26.4 Å². The van der Waals surface area contributed by atoms with E-state index in [9.17, 15) is 4.57 Å². The van der Waals surface area contributed by atoms with Crippen LogP contribution < -0.4 is 5.30 Å². The molecule has 0 aromatic heterocycles. The Morgan fingerprint density at radius 3 is 2.40 bits per heavy atom. The van der Waals surface area contributed by atoms with Gasteiger partial charge in [0.05, 0.1) is 31.7 Å². The van der Waals surface area contributed by atoms with Gasteiger partial charge in [0.1, 0.15) is 0 Å². The lowest BCUT2D eigenvalue weighted by Crippen LogP contribution is -2.19. The van der Waals surface area contributed by atoms with Crippen LogP contribution in [0.15, 0.2) is 22.7 Å². The van der Waals surface area contributed by atoms with Gasteiger partial charge in [-0.25, -0.2) is 0 Å². The van der Waals surface area contributed by atoms with Crippen LogP contribution in [0.5, 0.6) is 0 Å². The largest absolute Gasteiger partial charge is 0.361 e. The maximum atomic E-state index is 13.0. The number of hydrogen-bond donors (Lipinski definition) is 0. The smallest absolute Gasteiger partial charge is 0.346 e. The minimum absolute atomic E-state index is 0.301. The average Bonchev–Trinajstić information content (AvgIpc) is 2.93. The van der Waals surface area contributed by atoms with Crippen LogP contribution >= 0.6 is 23.5 Å². The van der Waals surface area contributed by atoms with Gasteiger partial charge in [0.2, 0.25) is 0 Å². The van der Waals surface area contributed by atoms with E-state index in [0.29, 0.717) is 37.3 Å². The van der Waals surface area contributed by atoms with Gasteiger partial charge in [0, 0.05) is 10.0 Å². The van der Waals surface area contributed by atoms with Crippen molar-refractivity contribution in [2.75, 3.05) is 26.4 Å². The summed E-state index contributed by atoms with van der Waals surface area (Å²) in [5.74, 6) is 0. The normalized spacial score (nSPS) is 16.8. The Balaban J connectivity index is 2.46. The van der Waals surface area contributed by atoms with Crippen LogP contribution in [0.3, 0.4) is 0 Å². The van der Waals surface area contributed by atoms with Gasteiger partial charge < -0.3 is 18.5 Å². The van der Waals surface area contributed by atoms with Crippen LogP contribution in [0.1, 0.15) is 25.7 Å². The highest BCUT2D eigenvalue weighted by Crippen LogP contribution is 2.49. The van der Waals surface area contributed by atoms with E-state index in [0.717, 1.165) is 4.47 Å². The van der Waals surface area contributed by atoms with Gasteiger partial charge in [-0.15, -0.1) is 0 Å². The second-order valence-corrected chi connectivity index (χ2v) is 7.02. The molecule has 0 unspecified atom stereocenters. The molecule has 1 aliphatic heterocycles. The van der Waals surface area contributed by atoms with E-state index in [4.69, 9.17) is 18.5 Å². The molecule has 20 heavy (non-hydrogen) atoms. The standard InChI is InChI=1S/C13H18BrO5P/c1-3-18-20(15,19-4-2)12-9-10(14)5-6-11(12)13-16-7-8-17-13/h5-6,9,13H,3-4,7-8H2,1-2H3. The van der Waals surface area contributed by atoms with E-state index in [1.807, 2.05) is 12.1 Å². The highest BCUT2D eigenvalue weighted by molar-refractivity contribution is 9.10. The van der Waals surface area contributed by atoms with Crippen molar-refractivity contribution < 1.29 is 23.1 Å². The second kappa shape index (κ2) is 7.16. The molecule has 0 amide bonds. The van der Waals surface area contributed by atoms with Crippen molar-refractivity contribution >= 4 is 28.8 Å². The Hall–Kier alpha value is -0.230. The number of hydrogen-bond acceptors (Lipinski definition) is 5. The first-order chi connectivity index (χ1) is 9.60. The molecule has 112 valence electrons. The van der Waals surface area contributed by atoms with Crippen LogP contribution in [0.25, 0.3) is 0 Å². The molecule has 0 atom stereocenters. The number of ether oxygens (including phenoxy) is 2. The van der Waals surface area contributed by atoms with Crippen molar-refractivity contribution in [1.29, 1.82) is 0 Å². The molecule has 7 heteroatoms. The number of benzene rings is 1. The number of rotatable bonds is 6. The molecule has 2 rings (SSSR count). The van der Waals surface area contributed by atoms with Crippen LogP contribution in [-0.2, 0) is 23.1 Å². The molecule has 0 radical (unpaired) electrons. The van der Waals surface area contributed by atoms with E-state index in [2.05, 4.69) is 15.9 Å². The first-order valence-corrected chi connectivity index (χ1v) is 8.86. The van der Waals surface area contributed by atoms with Crippen molar-refractivity contribution in [3.8, 4) is 0 Å². The zero-order valence-corrected chi connectivity index (χ0v) is 14.0. The Kier molecular flexibility index (Phi) is 5.78. The van der Waals surface area contributed by atoms with E-state index < -0.39 is 13.9 Å². The minimum atomic E-state index is -3.38. The lowest BCUT2D eigenvalue weighted by atomic mass is 10.2. The summed E-state index contributed by atoms with van der Waals surface area (Å²) in [5.41, 5.74) is 0.691. The molecule has 0 N–H and O–H groups in total. The lowest BCUT2D eigenvalue weighted by Gasteiger charge is -2.22. The molecule has 5 nitrogen and oxygen atoms in total. The molecule has 1 aromatic carbocycles. The van der Waals surface area contributed by atoms with Gasteiger partial charge in [0.15, 0.2) is 6.29 Å². The van der Waals surface area contributed by atoms with Crippen molar-refractivity contribution in [2.24, 2.45) is 0 Å². The molecule has 1 aliphatic rings. The zero-order chi connectivity index (χ0) is 14.6. The Morgan fingerprint density at radius 2 is 1.85 bits per heavy atom. The third-order valence-electron chi connectivity index (χ3n) is 2.76. The predicted molar refractivity (Wildman–Crippen MR) is 79.3 cm³/mol. The molecule has 0 saturated carbocycles. The van der Waals surface area contributed by atoms with E-state index in [-0.39, 0.29) is 0 Å². The molecule has 1 aromatic rings. The van der Waals surface area contributed by atoms with Crippen molar-refractivity contribution in [1.82, 2.24) is 0 Å². The summed E-state index contributed by atoms with van der Waals surface area (Å²) in [6.45, 7) is 5.21. The first-order valence-electron chi connectivity index (χ1n) is 6.53. The maximum absolute atomic E-state index is 13.0. The van der Waals surface area contributed by atoms with Crippen molar-refractivity contribution in [3.63, 3.8) is 0 Å². The average molecular weight is 365 g/mol. The Morgan fingerprint density at radius 1 is 1.25 bits per heavy atom. The highest BCUT2D eigenvalue weighted by atomic mass is 79.9. The van der Waals surface area contributed by atoms with Crippen LogP contribution in [0, 0.1) is 0 Å². The third kappa shape index (κ3) is 3.50. The molecular formula is C13H18BrO5P. The van der Waals surface area contributed by atoms with Crippen molar-refractivity contribution in [3.05, 3.63) is 28.2 Å². The van der Waals surface area contributed by atoms with Gasteiger partial charge in [0.25, 0.3) is 0 Å².